The smallest absolute Gasteiger partial charge is 0.270 e. The molecule has 0 unspecified atom stereocenters. The molecule has 0 atom stereocenters. The number of non-ortho nitro benzene ring substituents is 1. The van der Waals surface area contributed by atoms with Gasteiger partial charge in [-0.15, -0.1) is 6.42 Å². The van der Waals surface area contributed by atoms with Crippen molar-refractivity contribution >= 4 is 39.9 Å². The molecular weight excluding hydrogens is 414 g/mol. The summed E-state index contributed by atoms with van der Waals surface area (Å²) in [6.07, 6.45) is 8.35. The van der Waals surface area contributed by atoms with Crippen LogP contribution < -0.4 is 15.8 Å². The van der Waals surface area contributed by atoms with E-state index in [1.807, 2.05) is 24.3 Å². The molecule has 1 aromatic heterocycles. The van der Waals surface area contributed by atoms with Crippen LogP contribution in [0.3, 0.4) is 0 Å². The van der Waals surface area contributed by atoms with E-state index >= 15 is 0 Å². The van der Waals surface area contributed by atoms with Crippen molar-refractivity contribution in [2.75, 3.05) is 24.2 Å². The first-order chi connectivity index (χ1) is 15.1. The number of ether oxygens (including phenoxy) is 1. The Hall–Kier alpha value is -3.35. The monoisotopic (exact) mass is 437 g/mol. The lowest BCUT2D eigenvalue weighted by Crippen LogP contribution is -2.02. The van der Waals surface area contributed by atoms with E-state index in [9.17, 15) is 10.1 Å². The number of fused-ring (bicyclic) bond motifs is 1. The maximum absolute atomic E-state index is 11.2. The minimum absolute atomic E-state index is 0.0263. The molecule has 8 nitrogen and oxygen atoms in total. The Kier molecular flexibility index (Phi) is 8.04. The number of benzene rings is 2. The van der Waals surface area contributed by atoms with Crippen molar-refractivity contribution in [1.29, 1.82) is 0 Å². The molecule has 0 aliphatic carbocycles. The van der Waals surface area contributed by atoms with Crippen LogP contribution in [0.5, 0.6) is 5.75 Å². The molecule has 3 aromatic rings. The number of thioether (sulfide) groups is 1. The van der Waals surface area contributed by atoms with Crippen LogP contribution in [0.4, 0.5) is 17.2 Å². The van der Waals surface area contributed by atoms with E-state index in [0.717, 1.165) is 30.7 Å². The summed E-state index contributed by atoms with van der Waals surface area (Å²) in [6, 6.07) is 12.0. The van der Waals surface area contributed by atoms with Gasteiger partial charge in [0.1, 0.15) is 11.6 Å². The fourth-order valence-electron chi connectivity index (χ4n) is 2.86. The standard InChI is InChI=1S/C22H23N5O3S/c1-2-14-31-22-25-20-11-8-17(27(28)29)15-19(20)21(26-22)24-16-6-9-18(10-7-16)30-13-5-3-4-12-23/h1,6-11,15H,3-5,12-14,23H2,(H,24,25,26). The minimum atomic E-state index is -0.441. The van der Waals surface area contributed by atoms with Gasteiger partial charge in [0.05, 0.1) is 22.8 Å². The van der Waals surface area contributed by atoms with E-state index in [0.29, 0.717) is 40.8 Å². The lowest BCUT2D eigenvalue weighted by atomic mass is 10.2. The molecule has 3 rings (SSSR count). The van der Waals surface area contributed by atoms with Crippen molar-refractivity contribution in [2.45, 2.75) is 24.4 Å². The third kappa shape index (κ3) is 6.31. The summed E-state index contributed by atoms with van der Waals surface area (Å²) < 4.78 is 5.74. The predicted molar refractivity (Wildman–Crippen MR) is 124 cm³/mol. The molecule has 0 spiro atoms. The van der Waals surface area contributed by atoms with Gasteiger partial charge in [0.2, 0.25) is 0 Å². The van der Waals surface area contributed by atoms with Crippen LogP contribution >= 0.6 is 11.8 Å². The summed E-state index contributed by atoms with van der Waals surface area (Å²) in [4.78, 5) is 19.7. The molecule has 160 valence electrons. The molecule has 0 saturated carbocycles. The van der Waals surface area contributed by atoms with Crippen molar-refractivity contribution in [3.05, 3.63) is 52.6 Å². The van der Waals surface area contributed by atoms with E-state index in [-0.39, 0.29) is 5.69 Å². The number of aromatic nitrogens is 2. The zero-order valence-electron chi connectivity index (χ0n) is 16.9. The molecule has 0 fully saturated rings. The lowest BCUT2D eigenvalue weighted by molar-refractivity contribution is -0.384. The van der Waals surface area contributed by atoms with Gasteiger partial charge in [-0.05, 0) is 56.1 Å². The number of hydrogen-bond donors (Lipinski definition) is 2. The molecule has 2 aromatic carbocycles. The van der Waals surface area contributed by atoms with E-state index in [1.165, 1.54) is 23.9 Å². The molecule has 0 aliphatic heterocycles. The molecule has 0 radical (unpaired) electrons. The second-order valence-corrected chi connectivity index (χ2v) is 7.60. The highest BCUT2D eigenvalue weighted by atomic mass is 32.2. The Morgan fingerprint density at radius 1 is 1.16 bits per heavy atom. The molecule has 9 heteroatoms. The van der Waals surface area contributed by atoms with Gasteiger partial charge in [0.25, 0.3) is 5.69 Å². The Morgan fingerprint density at radius 3 is 2.68 bits per heavy atom. The fraction of sp³-hybridized carbons (Fsp3) is 0.273. The van der Waals surface area contributed by atoms with Gasteiger partial charge >= 0.3 is 0 Å². The number of nitro benzene ring substituents is 1. The number of hydrogen-bond acceptors (Lipinski definition) is 8. The number of nitro groups is 1. The van der Waals surface area contributed by atoms with Crippen molar-refractivity contribution in [3.63, 3.8) is 0 Å². The third-order valence-corrected chi connectivity index (χ3v) is 5.14. The topological polar surface area (TPSA) is 116 Å². The fourth-order valence-corrected chi connectivity index (χ4v) is 3.39. The SMILES string of the molecule is C#CCSc1nc(Nc2ccc(OCCCCCN)cc2)c2cc([N+](=O)[O-])ccc2n1. The molecule has 1 heterocycles. The summed E-state index contributed by atoms with van der Waals surface area (Å²) in [7, 11) is 0. The predicted octanol–water partition coefficient (Wildman–Crippen LogP) is 4.51. The quantitative estimate of drug-likeness (QED) is 0.112. The first-order valence-electron chi connectivity index (χ1n) is 9.83. The highest BCUT2D eigenvalue weighted by molar-refractivity contribution is 7.99. The lowest BCUT2D eigenvalue weighted by Gasteiger charge is -2.11. The van der Waals surface area contributed by atoms with Crippen molar-refractivity contribution in [2.24, 2.45) is 5.73 Å². The van der Waals surface area contributed by atoms with Gasteiger partial charge in [0.15, 0.2) is 5.16 Å². The number of terminal acetylenes is 1. The van der Waals surface area contributed by atoms with Crippen LogP contribution in [-0.2, 0) is 0 Å². The number of rotatable bonds is 11. The number of nitrogens with one attached hydrogen (secondary N) is 1. The van der Waals surface area contributed by atoms with Gasteiger partial charge in [-0.1, -0.05) is 17.7 Å². The molecule has 0 bridgehead atoms. The van der Waals surface area contributed by atoms with Crippen LogP contribution in [0.15, 0.2) is 47.6 Å². The van der Waals surface area contributed by atoms with Gasteiger partial charge in [0, 0.05) is 23.2 Å². The number of nitrogens with zero attached hydrogens (tertiary/aromatic N) is 3. The molecule has 3 N–H and O–H groups in total. The summed E-state index contributed by atoms with van der Waals surface area (Å²) in [6.45, 7) is 1.34. The van der Waals surface area contributed by atoms with Crippen LogP contribution in [0.25, 0.3) is 10.9 Å². The van der Waals surface area contributed by atoms with E-state index < -0.39 is 4.92 Å². The zero-order valence-corrected chi connectivity index (χ0v) is 17.7. The molecule has 31 heavy (non-hydrogen) atoms. The summed E-state index contributed by atoms with van der Waals surface area (Å²) >= 11 is 1.33. The second-order valence-electron chi connectivity index (χ2n) is 6.65. The Balaban J connectivity index is 1.80. The molecule has 0 saturated heterocycles. The van der Waals surface area contributed by atoms with Gasteiger partial charge in [-0.2, -0.15) is 0 Å². The Labute approximate surface area is 184 Å². The highest BCUT2D eigenvalue weighted by Crippen LogP contribution is 2.30. The largest absolute Gasteiger partial charge is 0.494 e. The second kappa shape index (κ2) is 11.2. The van der Waals surface area contributed by atoms with Crippen molar-refractivity contribution in [3.8, 4) is 18.1 Å². The maximum Gasteiger partial charge on any atom is 0.270 e. The molecule has 0 amide bonds. The highest BCUT2D eigenvalue weighted by Gasteiger charge is 2.13. The Morgan fingerprint density at radius 2 is 1.97 bits per heavy atom. The van der Waals surface area contributed by atoms with Crippen molar-refractivity contribution in [1.82, 2.24) is 9.97 Å². The Bertz CT molecular complexity index is 1080. The van der Waals surface area contributed by atoms with Crippen LogP contribution in [0, 0.1) is 22.5 Å². The van der Waals surface area contributed by atoms with E-state index in [4.69, 9.17) is 16.9 Å². The zero-order chi connectivity index (χ0) is 22.1. The van der Waals surface area contributed by atoms with Gasteiger partial charge < -0.3 is 15.8 Å². The van der Waals surface area contributed by atoms with E-state index in [2.05, 4.69) is 21.2 Å². The number of unbranched alkanes of at least 4 members (excludes halogenated alkanes) is 2. The normalized spacial score (nSPS) is 10.6. The van der Waals surface area contributed by atoms with Crippen LogP contribution in [-0.4, -0.2) is 33.8 Å². The average molecular weight is 438 g/mol. The minimum Gasteiger partial charge on any atom is -0.494 e. The van der Waals surface area contributed by atoms with Crippen LogP contribution in [0.1, 0.15) is 19.3 Å². The van der Waals surface area contributed by atoms with Crippen molar-refractivity contribution < 1.29 is 9.66 Å². The summed E-state index contributed by atoms with van der Waals surface area (Å²) in [5.41, 5.74) is 6.84. The average Bonchev–Trinajstić information content (AvgIpc) is 2.78. The first-order valence-corrected chi connectivity index (χ1v) is 10.8. The third-order valence-electron chi connectivity index (χ3n) is 4.39. The summed E-state index contributed by atoms with van der Waals surface area (Å²) in [5.74, 6) is 4.22. The summed E-state index contributed by atoms with van der Waals surface area (Å²) in [5, 5.41) is 15.5. The van der Waals surface area contributed by atoms with Crippen LogP contribution in [0.2, 0.25) is 0 Å². The molecular formula is C22H23N5O3S. The van der Waals surface area contributed by atoms with E-state index in [1.54, 1.807) is 6.07 Å². The molecule has 0 aliphatic rings. The van der Waals surface area contributed by atoms with Gasteiger partial charge in [-0.3, -0.25) is 10.1 Å². The maximum atomic E-state index is 11.2. The number of nitrogens with two attached hydrogens (primary N) is 1. The first kappa shape index (κ1) is 22.3. The van der Waals surface area contributed by atoms with Gasteiger partial charge in [-0.25, -0.2) is 9.97 Å². The number of anilines is 2.